The molecule has 0 atom stereocenters. The van der Waals surface area contributed by atoms with Crippen LogP contribution in [0.1, 0.15) is 12.7 Å². The van der Waals surface area contributed by atoms with Crippen LogP contribution in [-0.2, 0) is 6.42 Å². The van der Waals surface area contributed by atoms with Gasteiger partial charge in [-0.25, -0.2) is 4.39 Å². The molecule has 2 rings (SSSR count). The number of aryl methyl sites for hydroxylation is 1. The standard InChI is InChI=1S/C12H10BrFN2O2/c1-2-10-15-11(17)6-12(16-10)18-7-3-4-8(13)9(14)5-7/h3-6H,2H2,1H3,(H,15,16,17). The summed E-state index contributed by atoms with van der Waals surface area (Å²) < 4.78 is 19.0. The van der Waals surface area contributed by atoms with E-state index in [4.69, 9.17) is 4.74 Å². The summed E-state index contributed by atoms with van der Waals surface area (Å²) in [5.41, 5.74) is -0.297. The van der Waals surface area contributed by atoms with E-state index in [0.717, 1.165) is 0 Å². The van der Waals surface area contributed by atoms with Crippen molar-refractivity contribution in [3.63, 3.8) is 0 Å². The summed E-state index contributed by atoms with van der Waals surface area (Å²) in [6, 6.07) is 5.55. The Morgan fingerprint density at radius 3 is 2.89 bits per heavy atom. The topological polar surface area (TPSA) is 55.0 Å². The molecule has 1 aromatic heterocycles. The fraction of sp³-hybridized carbons (Fsp3) is 0.167. The second kappa shape index (κ2) is 5.30. The lowest BCUT2D eigenvalue weighted by Gasteiger charge is -2.06. The van der Waals surface area contributed by atoms with E-state index < -0.39 is 5.82 Å². The Balaban J connectivity index is 2.30. The fourth-order valence-corrected chi connectivity index (χ4v) is 1.61. The molecule has 0 bridgehead atoms. The van der Waals surface area contributed by atoms with Gasteiger partial charge in [0.25, 0.3) is 5.56 Å². The summed E-state index contributed by atoms with van der Waals surface area (Å²) in [4.78, 5) is 18.0. The van der Waals surface area contributed by atoms with Gasteiger partial charge in [0.2, 0.25) is 5.88 Å². The highest BCUT2D eigenvalue weighted by Crippen LogP contribution is 2.24. The molecule has 2 aromatic rings. The number of H-pyrrole nitrogens is 1. The molecule has 0 aliphatic carbocycles. The lowest BCUT2D eigenvalue weighted by atomic mass is 10.3. The van der Waals surface area contributed by atoms with E-state index in [-0.39, 0.29) is 17.2 Å². The molecule has 0 aliphatic heterocycles. The normalized spacial score (nSPS) is 10.4. The first-order valence-corrected chi connectivity index (χ1v) is 6.11. The monoisotopic (exact) mass is 312 g/mol. The SMILES string of the molecule is CCc1nc(Oc2ccc(Br)c(F)c2)cc(=O)[nH]1. The Kier molecular flexibility index (Phi) is 3.76. The maximum atomic E-state index is 13.3. The zero-order valence-electron chi connectivity index (χ0n) is 9.54. The summed E-state index contributed by atoms with van der Waals surface area (Å²) in [7, 11) is 0. The Morgan fingerprint density at radius 2 is 2.22 bits per heavy atom. The minimum absolute atomic E-state index is 0.150. The van der Waals surface area contributed by atoms with Gasteiger partial charge < -0.3 is 9.72 Å². The number of nitrogens with one attached hydrogen (secondary N) is 1. The van der Waals surface area contributed by atoms with Crippen LogP contribution < -0.4 is 10.3 Å². The third kappa shape index (κ3) is 2.95. The van der Waals surface area contributed by atoms with E-state index in [9.17, 15) is 9.18 Å². The molecule has 18 heavy (non-hydrogen) atoms. The largest absolute Gasteiger partial charge is 0.439 e. The van der Waals surface area contributed by atoms with Gasteiger partial charge in [-0.1, -0.05) is 6.92 Å². The number of nitrogens with zero attached hydrogens (tertiary/aromatic N) is 1. The predicted molar refractivity (Wildman–Crippen MR) is 68.4 cm³/mol. The first kappa shape index (κ1) is 12.8. The smallest absolute Gasteiger partial charge is 0.254 e. The van der Waals surface area contributed by atoms with Crippen molar-refractivity contribution in [1.82, 2.24) is 9.97 Å². The van der Waals surface area contributed by atoms with Gasteiger partial charge in [0.1, 0.15) is 17.4 Å². The zero-order chi connectivity index (χ0) is 13.1. The predicted octanol–water partition coefficient (Wildman–Crippen LogP) is 3.03. The first-order chi connectivity index (χ1) is 8.58. The van der Waals surface area contributed by atoms with Gasteiger partial charge in [-0.3, -0.25) is 4.79 Å². The third-order valence-corrected chi connectivity index (χ3v) is 2.86. The molecule has 0 aliphatic rings. The number of aromatic amines is 1. The Bertz CT molecular complexity index is 628. The lowest BCUT2D eigenvalue weighted by Crippen LogP contribution is -2.10. The first-order valence-electron chi connectivity index (χ1n) is 5.31. The molecule has 0 unspecified atom stereocenters. The van der Waals surface area contributed by atoms with Crippen LogP contribution in [0.5, 0.6) is 11.6 Å². The number of hydrogen-bond acceptors (Lipinski definition) is 3. The lowest BCUT2D eigenvalue weighted by molar-refractivity contribution is 0.452. The molecule has 4 nitrogen and oxygen atoms in total. The second-order valence-corrected chi connectivity index (χ2v) is 4.42. The Morgan fingerprint density at radius 1 is 1.44 bits per heavy atom. The van der Waals surface area contributed by atoms with Crippen LogP contribution in [0.2, 0.25) is 0 Å². The quantitative estimate of drug-likeness (QED) is 0.947. The van der Waals surface area contributed by atoms with Crippen molar-refractivity contribution in [2.24, 2.45) is 0 Å². The van der Waals surface area contributed by atoms with Crippen LogP contribution in [-0.4, -0.2) is 9.97 Å². The van der Waals surface area contributed by atoms with Crippen molar-refractivity contribution in [3.05, 3.63) is 50.7 Å². The summed E-state index contributed by atoms with van der Waals surface area (Å²) >= 11 is 3.05. The summed E-state index contributed by atoms with van der Waals surface area (Å²) in [6.45, 7) is 1.86. The maximum Gasteiger partial charge on any atom is 0.254 e. The minimum Gasteiger partial charge on any atom is -0.439 e. The van der Waals surface area contributed by atoms with Crippen molar-refractivity contribution in [2.75, 3.05) is 0 Å². The number of hydrogen-bond donors (Lipinski definition) is 1. The highest BCUT2D eigenvalue weighted by molar-refractivity contribution is 9.10. The van der Waals surface area contributed by atoms with Gasteiger partial charge in [-0.05, 0) is 28.1 Å². The average Bonchev–Trinajstić information content (AvgIpc) is 2.33. The summed E-state index contributed by atoms with van der Waals surface area (Å²) in [6.07, 6.45) is 0.584. The van der Waals surface area contributed by atoms with Crippen molar-refractivity contribution in [1.29, 1.82) is 0 Å². The molecule has 0 saturated heterocycles. The molecule has 6 heteroatoms. The minimum atomic E-state index is -0.437. The third-order valence-electron chi connectivity index (χ3n) is 2.22. The van der Waals surface area contributed by atoms with Gasteiger partial charge in [0.05, 0.1) is 10.5 Å². The molecule has 0 fully saturated rings. The molecule has 0 amide bonds. The van der Waals surface area contributed by atoms with Gasteiger partial charge in [0.15, 0.2) is 0 Å². The van der Waals surface area contributed by atoms with E-state index in [0.29, 0.717) is 16.7 Å². The van der Waals surface area contributed by atoms with Crippen LogP contribution in [0.25, 0.3) is 0 Å². The Labute approximate surface area is 111 Å². The van der Waals surface area contributed by atoms with Crippen LogP contribution in [0.4, 0.5) is 4.39 Å². The molecule has 1 aromatic carbocycles. The van der Waals surface area contributed by atoms with Crippen molar-refractivity contribution in [3.8, 4) is 11.6 Å². The van der Waals surface area contributed by atoms with Gasteiger partial charge in [-0.2, -0.15) is 4.98 Å². The molecular formula is C12H10BrFN2O2. The zero-order valence-corrected chi connectivity index (χ0v) is 11.1. The van der Waals surface area contributed by atoms with E-state index in [1.54, 1.807) is 6.07 Å². The van der Waals surface area contributed by atoms with Gasteiger partial charge in [-0.15, -0.1) is 0 Å². The van der Waals surface area contributed by atoms with Crippen LogP contribution in [0, 0.1) is 5.82 Å². The molecule has 0 saturated carbocycles. The van der Waals surface area contributed by atoms with Gasteiger partial charge >= 0.3 is 0 Å². The second-order valence-electron chi connectivity index (χ2n) is 3.56. The molecule has 1 N–H and O–H groups in total. The van der Waals surface area contributed by atoms with E-state index in [1.807, 2.05) is 6.92 Å². The maximum absolute atomic E-state index is 13.3. The van der Waals surface area contributed by atoms with Crippen LogP contribution in [0.3, 0.4) is 0 Å². The number of ether oxygens (including phenoxy) is 1. The molecule has 94 valence electrons. The fourth-order valence-electron chi connectivity index (χ4n) is 1.36. The molecule has 1 heterocycles. The number of aromatic nitrogens is 2. The molecular weight excluding hydrogens is 303 g/mol. The van der Waals surface area contributed by atoms with Crippen LogP contribution in [0.15, 0.2) is 33.5 Å². The van der Waals surface area contributed by atoms with Crippen molar-refractivity contribution in [2.45, 2.75) is 13.3 Å². The van der Waals surface area contributed by atoms with Crippen molar-refractivity contribution < 1.29 is 9.13 Å². The van der Waals surface area contributed by atoms with E-state index in [1.165, 1.54) is 18.2 Å². The molecule has 0 spiro atoms. The highest BCUT2D eigenvalue weighted by Gasteiger charge is 2.05. The number of rotatable bonds is 3. The number of benzene rings is 1. The van der Waals surface area contributed by atoms with Crippen molar-refractivity contribution >= 4 is 15.9 Å². The molecule has 0 radical (unpaired) electrons. The van der Waals surface area contributed by atoms with E-state index >= 15 is 0 Å². The summed E-state index contributed by atoms with van der Waals surface area (Å²) in [5, 5.41) is 0. The number of halogens is 2. The average molecular weight is 313 g/mol. The summed E-state index contributed by atoms with van der Waals surface area (Å²) in [5.74, 6) is 0.524. The van der Waals surface area contributed by atoms with E-state index in [2.05, 4.69) is 25.9 Å². The highest BCUT2D eigenvalue weighted by atomic mass is 79.9. The van der Waals surface area contributed by atoms with Crippen LogP contribution >= 0.6 is 15.9 Å². The Hall–Kier alpha value is -1.69. The van der Waals surface area contributed by atoms with Gasteiger partial charge in [0, 0.05) is 12.5 Å².